The van der Waals surface area contributed by atoms with E-state index in [4.69, 9.17) is 5.73 Å². The van der Waals surface area contributed by atoms with Crippen molar-refractivity contribution >= 4 is 11.6 Å². The van der Waals surface area contributed by atoms with Crippen LogP contribution in [0.15, 0.2) is 6.20 Å². The Labute approximate surface area is 89.5 Å². The van der Waals surface area contributed by atoms with Crippen molar-refractivity contribution in [1.82, 2.24) is 9.97 Å². The SMILES string of the molecule is Nc1cnc(N2CCCC2)nc1C1CC1. The molecule has 1 saturated heterocycles. The van der Waals surface area contributed by atoms with E-state index in [2.05, 4.69) is 14.9 Å². The quantitative estimate of drug-likeness (QED) is 0.793. The Bertz CT molecular complexity index is 367. The van der Waals surface area contributed by atoms with Crippen molar-refractivity contribution < 1.29 is 0 Å². The molecule has 1 aliphatic carbocycles. The molecule has 80 valence electrons. The molecular formula is C11H16N4. The maximum absolute atomic E-state index is 5.89. The molecule has 0 spiro atoms. The number of nitrogens with two attached hydrogens (primary N) is 1. The van der Waals surface area contributed by atoms with E-state index >= 15 is 0 Å². The number of rotatable bonds is 2. The van der Waals surface area contributed by atoms with Gasteiger partial charge in [-0.1, -0.05) is 0 Å². The maximum atomic E-state index is 5.89. The molecule has 0 aromatic carbocycles. The Morgan fingerprint density at radius 3 is 2.67 bits per heavy atom. The fourth-order valence-corrected chi connectivity index (χ4v) is 2.15. The molecule has 0 atom stereocenters. The summed E-state index contributed by atoms with van der Waals surface area (Å²) in [7, 11) is 0. The molecule has 2 heterocycles. The van der Waals surface area contributed by atoms with Crippen molar-refractivity contribution in [3.63, 3.8) is 0 Å². The van der Waals surface area contributed by atoms with Crippen molar-refractivity contribution in [3.8, 4) is 0 Å². The van der Waals surface area contributed by atoms with Crippen molar-refractivity contribution in [1.29, 1.82) is 0 Å². The molecule has 2 aliphatic rings. The lowest BCUT2D eigenvalue weighted by Crippen LogP contribution is -2.21. The second kappa shape index (κ2) is 3.36. The van der Waals surface area contributed by atoms with Crippen molar-refractivity contribution in [2.75, 3.05) is 23.7 Å². The molecule has 2 fully saturated rings. The Morgan fingerprint density at radius 2 is 2.00 bits per heavy atom. The monoisotopic (exact) mass is 204 g/mol. The summed E-state index contributed by atoms with van der Waals surface area (Å²) >= 11 is 0. The molecule has 1 aromatic heterocycles. The molecule has 2 N–H and O–H groups in total. The van der Waals surface area contributed by atoms with Crippen LogP contribution in [0.1, 0.15) is 37.3 Å². The highest BCUT2D eigenvalue weighted by Gasteiger charge is 2.28. The van der Waals surface area contributed by atoms with E-state index in [1.54, 1.807) is 6.20 Å². The minimum atomic E-state index is 0.606. The van der Waals surface area contributed by atoms with Crippen LogP contribution < -0.4 is 10.6 Å². The van der Waals surface area contributed by atoms with Crippen LogP contribution in [0.5, 0.6) is 0 Å². The van der Waals surface area contributed by atoms with Crippen molar-refractivity contribution in [3.05, 3.63) is 11.9 Å². The third kappa shape index (κ3) is 1.64. The van der Waals surface area contributed by atoms with Crippen LogP contribution in [0, 0.1) is 0 Å². The van der Waals surface area contributed by atoms with Gasteiger partial charge in [0, 0.05) is 19.0 Å². The van der Waals surface area contributed by atoms with Gasteiger partial charge in [-0.2, -0.15) is 0 Å². The molecule has 0 unspecified atom stereocenters. The first kappa shape index (κ1) is 8.95. The van der Waals surface area contributed by atoms with Gasteiger partial charge < -0.3 is 10.6 Å². The number of anilines is 2. The molecule has 1 saturated carbocycles. The molecule has 3 rings (SSSR count). The lowest BCUT2D eigenvalue weighted by molar-refractivity contribution is 0.874. The van der Waals surface area contributed by atoms with Crippen LogP contribution in [-0.2, 0) is 0 Å². The van der Waals surface area contributed by atoms with Gasteiger partial charge in [-0.05, 0) is 25.7 Å². The smallest absolute Gasteiger partial charge is 0.225 e. The molecule has 15 heavy (non-hydrogen) atoms. The summed E-state index contributed by atoms with van der Waals surface area (Å²) in [5.74, 6) is 1.48. The summed E-state index contributed by atoms with van der Waals surface area (Å²) in [6.07, 6.45) is 6.76. The average Bonchev–Trinajstić information content (AvgIpc) is 2.94. The predicted molar refractivity (Wildman–Crippen MR) is 59.9 cm³/mol. The molecule has 0 radical (unpaired) electrons. The molecule has 1 aromatic rings. The number of nitrogen functional groups attached to an aromatic ring is 1. The highest BCUT2D eigenvalue weighted by atomic mass is 15.3. The van der Waals surface area contributed by atoms with Crippen molar-refractivity contribution in [2.24, 2.45) is 0 Å². The summed E-state index contributed by atoms with van der Waals surface area (Å²) in [6.45, 7) is 2.18. The first-order valence-electron chi connectivity index (χ1n) is 5.72. The van der Waals surface area contributed by atoms with E-state index in [0.29, 0.717) is 5.92 Å². The fraction of sp³-hybridized carbons (Fsp3) is 0.636. The van der Waals surface area contributed by atoms with Gasteiger partial charge in [-0.15, -0.1) is 0 Å². The van der Waals surface area contributed by atoms with Crippen LogP contribution in [-0.4, -0.2) is 23.1 Å². The highest BCUT2D eigenvalue weighted by Crippen LogP contribution is 2.41. The van der Waals surface area contributed by atoms with E-state index in [0.717, 1.165) is 30.4 Å². The number of aromatic nitrogens is 2. The normalized spacial score (nSPS) is 20.9. The lowest BCUT2D eigenvalue weighted by Gasteiger charge is -2.16. The van der Waals surface area contributed by atoms with E-state index < -0.39 is 0 Å². The standard InChI is InChI=1S/C11H16N4/c12-9-7-13-11(15-5-1-2-6-15)14-10(9)8-3-4-8/h7-8H,1-6,12H2. The average molecular weight is 204 g/mol. The van der Waals surface area contributed by atoms with Gasteiger partial charge >= 0.3 is 0 Å². The van der Waals surface area contributed by atoms with Crippen molar-refractivity contribution in [2.45, 2.75) is 31.6 Å². The van der Waals surface area contributed by atoms with E-state index in [1.165, 1.54) is 25.7 Å². The van der Waals surface area contributed by atoms with Crippen LogP contribution >= 0.6 is 0 Å². The van der Waals surface area contributed by atoms with Gasteiger partial charge in [-0.3, -0.25) is 0 Å². The van der Waals surface area contributed by atoms with Crippen LogP contribution in [0.2, 0.25) is 0 Å². The Hall–Kier alpha value is -1.32. The topological polar surface area (TPSA) is 55.0 Å². The second-order valence-corrected chi connectivity index (χ2v) is 4.48. The zero-order valence-electron chi connectivity index (χ0n) is 8.82. The summed E-state index contributed by atoms with van der Waals surface area (Å²) in [5, 5.41) is 0. The zero-order chi connectivity index (χ0) is 10.3. The molecule has 4 nitrogen and oxygen atoms in total. The van der Waals surface area contributed by atoms with Crippen LogP contribution in [0.3, 0.4) is 0 Å². The molecular weight excluding hydrogens is 188 g/mol. The predicted octanol–water partition coefficient (Wildman–Crippen LogP) is 1.54. The van der Waals surface area contributed by atoms with E-state index in [-0.39, 0.29) is 0 Å². The molecule has 0 amide bonds. The zero-order valence-corrected chi connectivity index (χ0v) is 8.82. The van der Waals surface area contributed by atoms with Crippen LogP contribution in [0.4, 0.5) is 11.6 Å². The number of hydrogen-bond donors (Lipinski definition) is 1. The third-order valence-electron chi connectivity index (χ3n) is 3.19. The number of hydrogen-bond acceptors (Lipinski definition) is 4. The highest BCUT2D eigenvalue weighted by molar-refractivity contribution is 5.48. The summed E-state index contributed by atoms with van der Waals surface area (Å²) in [4.78, 5) is 11.2. The minimum Gasteiger partial charge on any atom is -0.396 e. The van der Waals surface area contributed by atoms with Gasteiger partial charge in [0.15, 0.2) is 0 Å². The first-order valence-corrected chi connectivity index (χ1v) is 5.72. The largest absolute Gasteiger partial charge is 0.396 e. The summed E-state index contributed by atoms with van der Waals surface area (Å²) < 4.78 is 0. The Balaban J connectivity index is 1.91. The molecule has 4 heteroatoms. The minimum absolute atomic E-state index is 0.606. The fourth-order valence-electron chi connectivity index (χ4n) is 2.15. The van der Waals surface area contributed by atoms with E-state index in [9.17, 15) is 0 Å². The second-order valence-electron chi connectivity index (χ2n) is 4.48. The molecule has 0 bridgehead atoms. The Morgan fingerprint density at radius 1 is 1.27 bits per heavy atom. The lowest BCUT2D eigenvalue weighted by atomic mass is 10.2. The van der Waals surface area contributed by atoms with Gasteiger partial charge in [0.05, 0.1) is 17.6 Å². The first-order chi connectivity index (χ1) is 7.34. The Kier molecular flexibility index (Phi) is 2.01. The van der Waals surface area contributed by atoms with Gasteiger partial charge in [0.1, 0.15) is 0 Å². The third-order valence-corrected chi connectivity index (χ3v) is 3.19. The van der Waals surface area contributed by atoms with Gasteiger partial charge in [-0.25, -0.2) is 9.97 Å². The van der Waals surface area contributed by atoms with Gasteiger partial charge in [0.2, 0.25) is 5.95 Å². The summed E-state index contributed by atoms with van der Waals surface area (Å²) in [6, 6.07) is 0. The van der Waals surface area contributed by atoms with Crippen LogP contribution in [0.25, 0.3) is 0 Å². The van der Waals surface area contributed by atoms with E-state index in [1.807, 2.05) is 0 Å². The molecule has 1 aliphatic heterocycles. The van der Waals surface area contributed by atoms with Gasteiger partial charge in [0.25, 0.3) is 0 Å². The maximum Gasteiger partial charge on any atom is 0.225 e. The number of nitrogens with zero attached hydrogens (tertiary/aromatic N) is 3. The summed E-state index contributed by atoms with van der Waals surface area (Å²) in [5.41, 5.74) is 7.73.